The zero-order chi connectivity index (χ0) is 6.12. The third-order valence-electron chi connectivity index (χ3n) is 0.558. The van der Waals surface area contributed by atoms with Gasteiger partial charge in [-0.05, 0) is 13.0 Å². The van der Waals surface area contributed by atoms with Gasteiger partial charge in [-0.25, -0.2) is 5.90 Å². The Kier molecular flexibility index (Phi) is 24.1. The fraction of sp³-hybridized carbons (Fsp3) is 1.00. The molecule has 0 aliphatic carbocycles. The lowest BCUT2D eigenvalue weighted by Gasteiger charge is -1.80. The highest BCUT2D eigenvalue weighted by Gasteiger charge is 1.67. The molecule has 0 aliphatic rings. The molecule has 7 heavy (non-hydrogen) atoms. The molecule has 5 N–H and O–H groups in total. The van der Waals surface area contributed by atoms with Crippen LogP contribution in [0.5, 0.6) is 0 Å². The molecule has 0 aliphatic heterocycles. The molecule has 0 unspecified atom stereocenters. The van der Waals surface area contributed by atoms with Crippen molar-refractivity contribution in [3.63, 3.8) is 0 Å². The van der Waals surface area contributed by atoms with E-state index in [4.69, 9.17) is 10.9 Å². The fourth-order valence-electron chi connectivity index (χ4n) is 0.204. The molecule has 0 saturated carbocycles. The van der Waals surface area contributed by atoms with E-state index >= 15 is 0 Å². The van der Waals surface area contributed by atoms with Crippen molar-refractivity contribution in [1.82, 2.24) is 0 Å². The Labute approximate surface area is 44.3 Å². The summed E-state index contributed by atoms with van der Waals surface area (Å²) in [6, 6.07) is 0. The van der Waals surface area contributed by atoms with E-state index in [9.17, 15) is 0 Å². The third-order valence-corrected chi connectivity index (χ3v) is 0.558. The minimum Gasteiger partial charge on any atom is -0.330 e. The number of unbranched alkanes of at least 4 members (excludes halogenated alkanes) is 1. The Bertz CT molecular complexity index is 17.2. The SMILES string of the molecule is CCCCN.NO. The molecule has 0 amide bonds. The Balaban J connectivity index is 0. The van der Waals surface area contributed by atoms with Crippen LogP contribution in [0.2, 0.25) is 0 Å². The standard InChI is InChI=1S/C4H11N.H3NO/c1-2-3-4-5;1-2/h2-5H2,1H3;2H,1H2. The van der Waals surface area contributed by atoms with Crippen molar-refractivity contribution in [3.05, 3.63) is 0 Å². The van der Waals surface area contributed by atoms with Gasteiger partial charge >= 0.3 is 0 Å². The van der Waals surface area contributed by atoms with Crippen LogP contribution in [0.1, 0.15) is 19.8 Å². The highest BCUT2D eigenvalue weighted by molar-refractivity contribution is 4.29. The van der Waals surface area contributed by atoms with Crippen molar-refractivity contribution < 1.29 is 5.21 Å². The second kappa shape index (κ2) is 16.9. The molecule has 46 valence electrons. The first kappa shape index (κ1) is 9.99. The average molecular weight is 106 g/mol. The van der Waals surface area contributed by atoms with E-state index in [1.54, 1.807) is 0 Å². The maximum absolute atomic E-state index is 6.50. The van der Waals surface area contributed by atoms with E-state index in [1.807, 2.05) is 0 Å². The van der Waals surface area contributed by atoms with Crippen LogP contribution in [0, 0.1) is 0 Å². The lowest BCUT2D eigenvalue weighted by molar-refractivity contribution is 0.311. The number of hydrogen-bond acceptors (Lipinski definition) is 3. The molecule has 0 saturated heterocycles. The molecule has 0 bridgehead atoms. The van der Waals surface area contributed by atoms with Crippen LogP contribution < -0.4 is 11.6 Å². The second-order valence-electron chi connectivity index (χ2n) is 1.14. The van der Waals surface area contributed by atoms with E-state index < -0.39 is 0 Å². The van der Waals surface area contributed by atoms with E-state index in [2.05, 4.69) is 12.8 Å². The second-order valence-corrected chi connectivity index (χ2v) is 1.14. The zero-order valence-electron chi connectivity index (χ0n) is 4.72. The van der Waals surface area contributed by atoms with Crippen molar-refractivity contribution in [2.24, 2.45) is 11.6 Å². The predicted molar refractivity (Wildman–Crippen MR) is 29.9 cm³/mol. The maximum Gasteiger partial charge on any atom is -0.00774 e. The molecule has 0 aromatic heterocycles. The van der Waals surface area contributed by atoms with Gasteiger partial charge in [-0.2, -0.15) is 0 Å². The van der Waals surface area contributed by atoms with Gasteiger partial charge in [0.2, 0.25) is 0 Å². The van der Waals surface area contributed by atoms with Crippen molar-refractivity contribution in [2.45, 2.75) is 19.8 Å². The molecule has 3 nitrogen and oxygen atoms in total. The van der Waals surface area contributed by atoms with Crippen LogP contribution in [0.4, 0.5) is 0 Å². The Morgan fingerprint density at radius 3 is 1.86 bits per heavy atom. The highest BCUT2D eigenvalue weighted by Crippen LogP contribution is 1.77. The fourth-order valence-corrected chi connectivity index (χ4v) is 0.204. The van der Waals surface area contributed by atoms with Crippen molar-refractivity contribution in [3.8, 4) is 0 Å². The molecule has 0 aromatic rings. The first-order valence-electron chi connectivity index (χ1n) is 2.37. The summed E-state index contributed by atoms with van der Waals surface area (Å²) in [5.74, 6) is 3.50. The van der Waals surface area contributed by atoms with Crippen molar-refractivity contribution in [1.29, 1.82) is 0 Å². The van der Waals surface area contributed by atoms with Gasteiger partial charge in [-0.15, -0.1) is 0 Å². The maximum atomic E-state index is 6.50. The normalized spacial score (nSPS) is 6.86. The van der Waals surface area contributed by atoms with Crippen LogP contribution in [-0.2, 0) is 0 Å². The lowest BCUT2D eigenvalue weighted by Crippen LogP contribution is -1.95. The van der Waals surface area contributed by atoms with Gasteiger partial charge in [0.15, 0.2) is 0 Å². The number of hydrogen-bond donors (Lipinski definition) is 3. The molecule has 3 heteroatoms. The summed E-state index contributed by atoms with van der Waals surface area (Å²) in [6.07, 6.45) is 2.39. The smallest absolute Gasteiger partial charge is 0.00774 e. The minimum atomic E-state index is 0.844. The summed E-state index contributed by atoms with van der Waals surface area (Å²) in [5.41, 5.74) is 5.14. The Hall–Kier alpha value is -0.120. The molecule has 0 fully saturated rings. The summed E-state index contributed by atoms with van der Waals surface area (Å²) >= 11 is 0. The van der Waals surface area contributed by atoms with Crippen LogP contribution >= 0.6 is 0 Å². The van der Waals surface area contributed by atoms with E-state index in [0.29, 0.717) is 0 Å². The molecule has 0 heterocycles. The highest BCUT2D eigenvalue weighted by atomic mass is 16.4. The Morgan fingerprint density at radius 2 is 1.86 bits per heavy atom. The molecule has 0 spiro atoms. The molecule has 0 aromatic carbocycles. The minimum absolute atomic E-state index is 0.844. The summed E-state index contributed by atoms with van der Waals surface area (Å²) in [5, 5.41) is 6.50. The van der Waals surface area contributed by atoms with Gasteiger partial charge in [-0.3, -0.25) is 0 Å². The van der Waals surface area contributed by atoms with Gasteiger partial charge in [-0.1, -0.05) is 13.3 Å². The molecular weight excluding hydrogens is 92.1 g/mol. The van der Waals surface area contributed by atoms with Gasteiger partial charge in [0.25, 0.3) is 0 Å². The first-order valence-corrected chi connectivity index (χ1v) is 2.37. The van der Waals surface area contributed by atoms with E-state index in [1.165, 1.54) is 12.8 Å². The monoisotopic (exact) mass is 106 g/mol. The van der Waals surface area contributed by atoms with Crippen LogP contribution in [0.15, 0.2) is 0 Å². The topological polar surface area (TPSA) is 72.3 Å². The molecule has 0 rings (SSSR count). The van der Waals surface area contributed by atoms with E-state index in [0.717, 1.165) is 6.54 Å². The summed E-state index contributed by atoms with van der Waals surface area (Å²) in [4.78, 5) is 0. The molecule has 0 atom stereocenters. The van der Waals surface area contributed by atoms with Crippen LogP contribution in [0.25, 0.3) is 0 Å². The van der Waals surface area contributed by atoms with Gasteiger partial charge in [0.1, 0.15) is 0 Å². The predicted octanol–water partition coefficient (Wildman–Crippen LogP) is 0.0795. The van der Waals surface area contributed by atoms with Crippen molar-refractivity contribution >= 4 is 0 Å². The third kappa shape index (κ3) is 25.0. The summed E-state index contributed by atoms with van der Waals surface area (Å²) in [7, 11) is 0. The van der Waals surface area contributed by atoms with Gasteiger partial charge in [0.05, 0.1) is 0 Å². The molecule has 0 radical (unpaired) electrons. The van der Waals surface area contributed by atoms with Gasteiger partial charge < -0.3 is 10.9 Å². The first-order chi connectivity index (χ1) is 3.41. The van der Waals surface area contributed by atoms with E-state index in [-0.39, 0.29) is 0 Å². The zero-order valence-corrected chi connectivity index (χ0v) is 4.72. The molecular formula is C4H14N2O. The Morgan fingerprint density at radius 1 is 1.43 bits per heavy atom. The summed E-state index contributed by atoms with van der Waals surface area (Å²) in [6.45, 7) is 2.98. The van der Waals surface area contributed by atoms with Gasteiger partial charge in [0, 0.05) is 0 Å². The average Bonchev–Trinajstić information content (AvgIpc) is 1.75. The number of rotatable bonds is 2. The van der Waals surface area contributed by atoms with Crippen LogP contribution in [-0.4, -0.2) is 11.8 Å². The number of nitrogens with two attached hydrogens (primary N) is 2. The van der Waals surface area contributed by atoms with Crippen molar-refractivity contribution in [2.75, 3.05) is 6.54 Å². The summed E-state index contributed by atoms with van der Waals surface area (Å²) < 4.78 is 0. The van der Waals surface area contributed by atoms with Crippen LogP contribution in [0.3, 0.4) is 0 Å². The largest absolute Gasteiger partial charge is 0.330 e. The quantitative estimate of drug-likeness (QED) is 0.436. The lowest BCUT2D eigenvalue weighted by atomic mass is 10.3.